The molecule has 0 amide bonds. The minimum absolute atomic E-state index is 0.297. The van der Waals surface area contributed by atoms with Gasteiger partial charge in [0.05, 0.1) is 6.61 Å². The number of carboxylic acids is 1. The van der Waals surface area contributed by atoms with E-state index in [9.17, 15) is 4.79 Å². The monoisotopic (exact) mass is 273 g/mol. The Bertz CT molecular complexity index is 326. The first-order chi connectivity index (χ1) is 7.09. The van der Waals surface area contributed by atoms with Gasteiger partial charge in [0.2, 0.25) is 0 Å². The lowest BCUT2D eigenvalue weighted by molar-refractivity contribution is -0.138. The van der Waals surface area contributed by atoms with Gasteiger partial charge in [-0.3, -0.25) is 4.79 Å². The van der Waals surface area contributed by atoms with Gasteiger partial charge < -0.3 is 15.6 Å². The number of benzene rings is 1. The van der Waals surface area contributed by atoms with E-state index in [1.165, 1.54) is 0 Å². The SMILES string of the molecule is NC(CCOc1ccc(Br)cc1)C(=O)O. The van der Waals surface area contributed by atoms with Gasteiger partial charge in [0, 0.05) is 10.9 Å². The third kappa shape index (κ3) is 4.31. The normalized spacial score (nSPS) is 12.1. The van der Waals surface area contributed by atoms with Gasteiger partial charge in [0.25, 0.3) is 0 Å². The summed E-state index contributed by atoms with van der Waals surface area (Å²) in [5.41, 5.74) is 5.32. The van der Waals surface area contributed by atoms with Crippen molar-refractivity contribution in [1.82, 2.24) is 0 Å². The van der Waals surface area contributed by atoms with Crippen LogP contribution in [-0.2, 0) is 4.79 Å². The largest absolute Gasteiger partial charge is 0.494 e. The van der Waals surface area contributed by atoms with Crippen LogP contribution in [0.15, 0.2) is 28.7 Å². The maximum Gasteiger partial charge on any atom is 0.320 e. The molecule has 0 aliphatic carbocycles. The Morgan fingerprint density at radius 3 is 2.60 bits per heavy atom. The summed E-state index contributed by atoms with van der Waals surface area (Å²) >= 11 is 3.30. The van der Waals surface area contributed by atoms with Crippen LogP contribution in [-0.4, -0.2) is 23.7 Å². The smallest absolute Gasteiger partial charge is 0.320 e. The number of hydrogen-bond donors (Lipinski definition) is 2. The first-order valence-electron chi connectivity index (χ1n) is 4.46. The molecule has 15 heavy (non-hydrogen) atoms. The van der Waals surface area contributed by atoms with E-state index in [4.69, 9.17) is 15.6 Å². The van der Waals surface area contributed by atoms with Crippen LogP contribution in [0.25, 0.3) is 0 Å². The number of hydrogen-bond acceptors (Lipinski definition) is 3. The number of nitrogens with two attached hydrogens (primary N) is 1. The van der Waals surface area contributed by atoms with E-state index in [0.29, 0.717) is 18.8 Å². The third-order valence-electron chi connectivity index (χ3n) is 1.83. The summed E-state index contributed by atoms with van der Waals surface area (Å²) in [6, 6.07) is 6.45. The molecule has 1 atom stereocenters. The molecule has 0 fully saturated rings. The predicted octanol–water partition coefficient (Wildman–Crippen LogP) is 1.63. The number of rotatable bonds is 5. The Hall–Kier alpha value is -1.07. The van der Waals surface area contributed by atoms with Crippen molar-refractivity contribution >= 4 is 21.9 Å². The van der Waals surface area contributed by atoms with Crippen LogP contribution in [0.5, 0.6) is 5.75 Å². The van der Waals surface area contributed by atoms with Gasteiger partial charge in [0.15, 0.2) is 0 Å². The molecule has 0 radical (unpaired) electrons. The van der Waals surface area contributed by atoms with Crippen LogP contribution in [0.2, 0.25) is 0 Å². The lowest BCUT2D eigenvalue weighted by atomic mass is 10.2. The van der Waals surface area contributed by atoms with E-state index in [1.54, 1.807) is 12.1 Å². The molecule has 0 saturated carbocycles. The summed E-state index contributed by atoms with van der Waals surface area (Å²) in [5.74, 6) is -0.301. The van der Waals surface area contributed by atoms with E-state index in [-0.39, 0.29) is 0 Å². The van der Waals surface area contributed by atoms with Gasteiger partial charge in [-0.25, -0.2) is 0 Å². The highest BCUT2D eigenvalue weighted by Gasteiger charge is 2.10. The maximum absolute atomic E-state index is 10.4. The van der Waals surface area contributed by atoms with E-state index in [1.807, 2.05) is 12.1 Å². The lowest BCUT2D eigenvalue weighted by Gasteiger charge is -2.08. The summed E-state index contributed by atoms with van der Waals surface area (Å²) in [5, 5.41) is 8.53. The molecule has 1 unspecified atom stereocenters. The molecular formula is C10H12BrNO3. The molecule has 1 aromatic carbocycles. The second kappa shape index (κ2) is 5.72. The van der Waals surface area contributed by atoms with Gasteiger partial charge >= 0.3 is 5.97 Å². The van der Waals surface area contributed by atoms with Gasteiger partial charge in [-0.15, -0.1) is 0 Å². The molecule has 3 N–H and O–H groups in total. The fourth-order valence-corrected chi connectivity index (χ4v) is 1.22. The van der Waals surface area contributed by atoms with E-state index in [2.05, 4.69) is 15.9 Å². The number of ether oxygens (including phenoxy) is 1. The first kappa shape index (κ1) is 12.0. The Morgan fingerprint density at radius 2 is 2.07 bits per heavy atom. The van der Waals surface area contributed by atoms with E-state index in [0.717, 1.165) is 4.47 Å². The minimum Gasteiger partial charge on any atom is -0.494 e. The maximum atomic E-state index is 10.4. The van der Waals surface area contributed by atoms with Crippen LogP contribution in [0.4, 0.5) is 0 Å². The van der Waals surface area contributed by atoms with Crippen molar-refractivity contribution in [1.29, 1.82) is 0 Å². The minimum atomic E-state index is -1.01. The molecule has 0 bridgehead atoms. The third-order valence-corrected chi connectivity index (χ3v) is 2.36. The molecule has 82 valence electrons. The van der Waals surface area contributed by atoms with Crippen molar-refractivity contribution in [3.05, 3.63) is 28.7 Å². The van der Waals surface area contributed by atoms with Gasteiger partial charge in [0.1, 0.15) is 11.8 Å². The molecule has 0 aliphatic rings. The van der Waals surface area contributed by atoms with E-state index < -0.39 is 12.0 Å². The highest BCUT2D eigenvalue weighted by Crippen LogP contribution is 2.16. The molecule has 0 spiro atoms. The van der Waals surface area contributed by atoms with Crippen LogP contribution in [0.1, 0.15) is 6.42 Å². The molecule has 1 rings (SSSR count). The first-order valence-corrected chi connectivity index (χ1v) is 5.25. The molecule has 0 aromatic heterocycles. The Balaban J connectivity index is 2.32. The lowest BCUT2D eigenvalue weighted by Crippen LogP contribution is -2.31. The van der Waals surface area contributed by atoms with Crippen molar-refractivity contribution in [2.75, 3.05) is 6.61 Å². The summed E-state index contributed by atoms with van der Waals surface area (Å²) in [6.07, 6.45) is 0.297. The zero-order valence-corrected chi connectivity index (χ0v) is 9.61. The van der Waals surface area contributed by atoms with Crippen LogP contribution in [0, 0.1) is 0 Å². The molecule has 1 aromatic rings. The predicted molar refractivity (Wildman–Crippen MR) is 59.9 cm³/mol. The fourth-order valence-electron chi connectivity index (χ4n) is 0.958. The number of aliphatic carboxylic acids is 1. The summed E-state index contributed by atoms with van der Waals surface area (Å²) in [6.45, 7) is 0.301. The quantitative estimate of drug-likeness (QED) is 0.856. The summed E-state index contributed by atoms with van der Waals surface area (Å²) in [7, 11) is 0. The Morgan fingerprint density at radius 1 is 1.47 bits per heavy atom. The van der Waals surface area contributed by atoms with Crippen molar-refractivity contribution in [2.45, 2.75) is 12.5 Å². The number of halogens is 1. The second-order valence-corrected chi connectivity index (χ2v) is 3.95. The highest BCUT2D eigenvalue weighted by molar-refractivity contribution is 9.10. The van der Waals surface area contributed by atoms with Crippen molar-refractivity contribution in [2.24, 2.45) is 5.73 Å². The summed E-state index contributed by atoms with van der Waals surface area (Å²) in [4.78, 5) is 10.4. The molecule has 0 saturated heterocycles. The molecule has 5 heteroatoms. The highest BCUT2D eigenvalue weighted by atomic mass is 79.9. The average Bonchev–Trinajstić information content (AvgIpc) is 2.20. The number of carboxylic acid groups (broad SMARTS) is 1. The van der Waals surface area contributed by atoms with Crippen LogP contribution >= 0.6 is 15.9 Å². The number of carbonyl (C=O) groups is 1. The van der Waals surface area contributed by atoms with Crippen LogP contribution < -0.4 is 10.5 Å². The van der Waals surface area contributed by atoms with E-state index >= 15 is 0 Å². The van der Waals surface area contributed by atoms with Crippen molar-refractivity contribution in [3.63, 3.8) is 0 Å². The van der Waals surface area contributed by atoms with Crippen molar-refractivity contribution < 1.29 is 14.6 Å². The van der Waals surface area contributed by atoms with Crippen molar-refractivity contribution in [3.8, 4) is 5.75 Å². The zero-order chi connectivity index (χ0) is 11.3. The molecule has 0 aliphatic heterocycles. The van der Waals surface area contributed by atoms with Gasteiger partial charge in [-0.05, 0) is 24.3 Å². The average molecular weight is 274 g/mol. The molecular weight excluding hydrogens is 262 g/mol. The second-order valence-electron chi connectivity index (χ2n) is 3.04. The zero-order valence-electron chi connectivity index (χ0n) is 8.02. The van der Waals surface area contributed by atoms with Gasteiger partial charge in [-0.2, -0.15) is 0 Å². The Labute approximate surface area is 96.2 Å². The van der Waals surface area contributed by atoms with Gasteiger partial charge in [-0.1, -0.05) is 15.9 Å². The topological polar surface area (TPSA) is 72.5 Å². The molecule has 4 nitrogen and oxygen atoms in total. The Kier molecular flexibility index (Phi) is 4.58. The fraction of sp³-hybridized carbons (Fsp3) is 0.300. The van der Waals surface area contributed by atoms with Crippen LogP contribution in [0.3, 0.4) is 0 Å². The molecule has 0 heterocycles. The summed E-state index contributed by atoms with van der Waals surface area (Å²) < 4.78 is 6.29. The standard InChI is InChI=1S/C10H12BrNO3/c11-7-1-3-8(4-2-7)15-6-5-9(12)10(13)14/h1-4,9H,5-6,12H2,(H,13,14).